The standard InChI is InChI=1S/C23H23N3O3/c1-28-16-12-19-21(20(13-16)29-11-10-24)17-8-5-9-18(23(25)27)22(17)26(19)14-15-6-3-2-4-7-15/h2-8,12-13,17-18,22H,9,11,14H2,1H3,(H2,25,27)/t17?,18?,22-/m0/s1. The van der Waals surface area contributed by atoms with Crippen LogP contribution in [-0.4, -0.2) is 25.7 Å². The summed E-state index contributed by atoms with van der Waals surface area (Å²) >= 11 is 0. The first-order valence-corrected chi connectivity index (χ1v) is 9.62. The number of ether oxygens (including phenoxy) is 2. The fourth-order valence-electron chi connectivity index (χ4n) is 4.48. The van der Waals surface area contributed by atoms with Gasteiger partial charge in [0.1, 0.15) is 17.6 Å². The Morgan fingerprint density at radius 1 is 1.31 bits per heavy atom. The van der Waals surface area contributed by atoms with E-state index in [2.05, 4.69) is 23.1 Å². The molecule has 0 saturated heterocycles. The molecule has 1 aliphatic carbocycles. The number of nitrogens with two attached hydrogens (primary N) is 1. The SMILES string of the molecule is COc1cc(OCC#N)c2c(c1)N(Cc1ccccc1)[C@@H]1C(C(N)=O)CC=CC21. The van der Waals surface area contributed by atoms with Crippen molar-refractivity contribution in [3.8, 4) is 17.6 Å². The Morgan fingerprint density at radius 3 is 2.79 bits per heavy atom. The molecule has 3 atom stereocenters. The van der Waals surface area contributed by atoms with Gasteiger partial charge in [0.25, 0.3) is 0 Å². The van der Waals surface area contributed by atoms with Gasteiger partial charge in [-0.1, -0.05) is 42.5 Å². The lowest BCUT2D eigenvalue weighted by Crippen LogP contribution is -2.46. The molecule has 0 spiro atoms. The molecule has 0 aromatic heterocycles. The maximum Gasteiger partial charge on any atom is 0.222 e. The Kier molecular flexibility index (Phi) is 5.13. The second kappa shape index (κ2) is 7.88. The van der Waals surface area contributed by atoms with Gasteiger partial charge >= 0.3 is 0 Å². The van der Waals surface area contributed by atoms with Crippen LogP contribution in [0.4, 0.5) is 5.69 Å². The van der Waals surface area contributed by atoms with E-state index >= 15 is 0 Å². The maximum atomic E-state index is 12.3. The molecule has 1 aliphatic heterocycles. The van der Waals surface area contributed by atoms with E-state index < -0.39 is 0 Å². The van der Waals surface area contributed by atoms with Crippen molar-refractivity contribution in [1.82, 2.24) is 0 Å². The number of nitrogens with zero attached hydrogens (tertiary/aromatic N) is 2. The quantitative estimate of drug-likeness (QED) is 0.767. The number of nitriles is 1. The maximum absolute atomic E-state index is 12.3. The summed E-state index contributed by atoms with van der Waals surface area (Å²) in [4.78, 5) is 14.5. The average Bonchev–Trinajstić information content (AvgIpc) is 3.06. The number of hydrogen-bond acceptors (Lipinski definition) is 5. The van der Waals surface area contributed by atoms with Crippen LogP contribution in [0.15, 0.2) is 54.6 Å². The zero-order chi connectivity index (χ0) is 20.4. The summed E-state index contributed by atoms with van der Waals surface area (Å²) in [7, 11) is 1.60. The number of anilines is 1. The van der Waals surface area contributed by atoms with Crippen LogP contribution in [0.5, 0.6) is 11.5 Å². The van der Waals surface area contributed by atoms with Crippen LogP contribution in [0.1, 0.15) is 23.5 Å². The molecule has 1 heterocycles. The third-order valence-corrected chi connectivity index (χ3v) is 5.70. The number of allylic oxidation sites excluding steroid dienone is 1. The van der Waals surface area contributed by atoms with Crippen molar-refractivity contribution in [2.24, 2.45) is 11.7 Å². The van der Waals surface area contributed by atoms with Gasteiger partial charge in [-0.25, -0.2) is 0 Å². The van der Waals surface area contributed by atoms with Crippen LogP contribution in [0.2, 0.25) is 0 Å². The van der Waals surface area contributed by atoms with Crippen molar-refractivity contribution in [2.75, 3.05) is 18.6 Å². The number of fused-ring (bicyclic) bond motifs is 3. The second-order valence-corrected chi connectivity index (χ2v) is 7.31. The first kappa shape index (κ1) is 18.9. The van der Waals surface area contributed by atoms with Crippen LogP contribution in [0, 0.1) is 17.2 Å². The summed E-state index contributed by atoms with van der Waals surface area (Å²) in [6, 6.07) is 15.8. The highest BCUT2D eigenvalue weighted by Gasteiger charge is 2.46. The van der Waals surface area contributed by atoms with Crippen LogP contribution >= 0.6 is 0 Å². The van der Waals surface area contributed by atoms with Crippen molar-refractivity contribution in [2.45, 2.75) is 24.9 Å². The molecule has 2 aliphatic rings. The lowest BCUT2D eigenvalue weighted by atomic mass is 9.79. The third kappa shape index (κ3) is 3.40. The molecule has 4 rings (SSSR count). The van der Waals surface area contributed by atoms with Crippen LogP contribution in [0.25, 0.3) is 0 Å². The molecule has 6 nitrogen and oxygen atoms in total. The summed E-state index contributed by atoms with van der Waals surface area (Å²) in [6.45, 7) is 0.579. The molecule has 0 bridgehead atoms. The Hall–Kier alpha value is -3.46. The van der Waals surface area contributed by atoms with Gasteiger partial charge in [-0.2, -0.15) is 5.26 Å². The van der Waals surface area contributed by atoms with Crippen molar-refractivity contribution in [3.63, 3.8) is 0 Å². The number of methoxy groups -OCH3 is 1. The zero-order valence-electron chi connectivity index (χ0n) is 16.2. The summed E-state index contributed by atoms with van der Waals surface area (Å²) in [5.74, 6) is 0.603. The van der Waals surface area contributed by atoms with Gasteiger partial charge in [0, 0.05) is 35.8 Å². The minimum atomic E-state index is -0.309. The Bertz CT molecular complexity index is 981. The van der Waals surface area contributed by atoms with Crippen LogP contribution in [0.3, 0.4) is 0 Å². The van der Waals surface area contributed by atoms with E-state index in [9.17, 15) is 4.79 Å². The molecule has 148 valence electrons. The fourth-order valence-corrected chi connectivity index (χ4v) is 4.48. The van der Waals surface area contributed by atoms with E-state index in [4.69, 9.17) is 20.5 Å². The molecule has 2 unspecified atom stereocenters. The van der Waals surface area contributed by atoms with E-state index in [0.29, 0.717) is 24.5 Å². The van der Waals surface area contributed by atoms with Crippen molar-refractivity contribution in [3.05, 3.63) is 65.7 Å². The monoisotopic (exact) mass is 389 g/mol. The number of hydrogen-bond donors (Lipinski definition) is 1. The summed E-state index contributed by atoms with van der Waals surface area (Å²) < 4.78 is 11.3. The van der Waals surface area contributed by atoms with E-state index in [0.717, 1.165) is 16.8 Å². The molecule has 29 heavy (non-hydrogen) atoms. The molecular formula is C23H23N3O3. The highest BCUT2D eigenvalue weighted by atomic mass is 16.5. The first-order chi connectivity index (χ1) is 14.1. The summed E-state index contributed by atoms with van der Waals surface area (Å²) in [5.41, 5.74) is 8.86. The molecular weight excluding hydrogens is 366 g/mol. The minimum Gasteiger partial charge on any atom is -0.497 e. The van der Waals surface area contributed by atoms with Gasteiger partial charge < -0.3 is 20.1 Å². The normalized spacial score (nSPS) is 21.8. The topological polar surface area (TPSA) is 88.6 Å². The lowest BCUT2D eigenvalue weighted by Gasteiger charge is -2.36. The number of rotatable bonds is 6. The van der Waals surface area contributed by atoms with Gasteiger partial charge in [-0.05, 0) is 12.0 Å². The fraction of sp³-hybridized carbons (Fsp3) is 0.304. The van der Waals surface area contributed by atoms with Gasteiger partial charge in [0.15, 0.2) is 6.61 Å². The Balaban J connectivity index is 1.86. The lowest BCUT2D eigenvalue weighted by molar-refractivity contribution is -0.122. The largest absolute Gasteiger partial charge is 0.497 e. The summed E-state index contributed by atoms with van der Waals surface area (Å²) in [5, 5.41) is 9.00. The van der Waals surface area contributed by atoms with E-state index in [1.807, 2.05) is 36.4 Å². The third-order valence-electron chi connectivity index (χ3n) is 5.70. The van der Waals surface area contributed by atoms with Gasteiger partial charge in [-0.15, -0.1) is 0 Å². The van der Waals surface area contributed by atoms with Gasteiger partial charge in [0.2, 0.25) is 5.91 Å². The smallest absolute Gasteiger partial charge is 0.222 e. The molecule has 1 amide bonds. The molecule has 0 fully saturated rings. The number of benzene rings is 2. The van der Waals surface area contributed by atoms with Crippen molar-refractivity contribution >= 4 is 11.6 Å². The number of amides is 1. The Morgan fingerprint density at radius 2 is 2.10 bits per heavy atom. The molecule has 2 aromatic rings. The highest BCUT2D eigenvalue weighted by molar-refractivity contribution is 5.81. The van der Waals surface area contributed by atoms with Crippen LogP contribution in [-0.2, 0) is 11.3 Å². The average molecular weight is 389 g/mol. The second-order valence-electron chi connectivity index (χ2n) is 7.31. The Labute approximate surface area is 170 Å². The van der Waals surface area contributed by atoms with Crippen molar-refractivity contribution in [1.29, 1.82) is 5.26 Å². The molecule has 0 saturated carbocycles. The first-order valence-electron chi connectivity index (χ1n) is 9.62. The van der Waals surface area contributed by atoms with Gasteiger partial charge in [0.05, 0.1) is 19.1 Å². The number of carbonyl (C=O) groups is 1. The van der Waals surface area contributed by atoms with Crippen molar-refractivity contribution < 1.29 is 14.3 Å². The predicted molar refractivity (Wildman–Crippen MR) is 110 cm³/mol. The highest BCUT2D eigenvalue weighted by Crippen LogP contribution is 2.53. The predicted octanol–water partition coefficient (Wildman–Crippen LogP) is 3.13. The molecule has 2 N–H and O–H groups in total. The zero-order valence-corrected chi connectivity index (χ0v) is 16.2. The number of carbonyl (C=O) groups excluding carboxylic acids is 1. The van der Waals surface area contributed by atoms with E-state index in [-0.39, 0.29) is 30.4 Å². The minimum absolute atomic E-state index is 0.0421. The van der Waals surface area contributed by atoms with E-state index in [1.54, 1.807) is 13.2 Å². The number of primary amides is 1. The summed E-state index contributed by atoms with van der Waals surface area (Å²) in [6.07, 6.45) is 4.76. The van der Waals surface area contributed by atoms with E-state index in [1.165, 1.54) is 0 Å². The molecule has 0 radical (unpaired) electrons. The molecule has 2 aromatic carbocycles. The molecule has 6 heteroatoms. The van der Waals surface area contributed by atoms with Crippen LogP contribution < -0.4 is 20.1 Å². The van der Waals surface area contributed by atoms with Gasteiger partial charge in [-0.3, -0.25) is 4.79 Å².